The minimum Gasteiger partial charge on any atom is -0.251 e. The lowest BCUT2D eigenvalue weighted by molar-refractivity contribution is 0.425. The molecule has 0 saturated heterocycles. The SMILES string of the molecule is CCC(CC)n1nc(C(C)C)cc1Cl. The Hall–Kier alpha value is -0.500. The number of hydrogen-bond donors (Lipinski definition) is 0. The highest BCUT2D eigenvalue weighted by atomic mass is 35.5. The highest BCUT2D eigenvalue weighted by Gasteiger charge is 2.14. The van der Waals surface area contributed by atoms with Gasteiger partial charge in [0, 0.05) is 0 Å². The van der Waals surface area contributed by atoms with Crippen LogP contribution in [0.25, 0.3) is 0 Å². The topological polar surface area (TPSA) is 17.8 Å². The van der Waals surface area contributed by atoms with Crippen molar-refractivity contribution in [1.29, 1.82) is 0 Å². The lowest BCUT2D eigenvalue weighted by Gasteiger charge is -2.13. The number of nitrogens with zero attached hydrogens (tertiary/aromatic N) is 2. The van der Waals surface area contributed by atoms with E-state index >= 15 is 0 Å². The van der Waals surface area contributed by atoms with E-state index in [1.165, 1.54) is 0 Å². The van der Waals surface area contributed by atoms with Gasteiger partial charge >= 0.3 is 0 Å². The molecule has 0 N–H and O–H groups in total. The summed E-state index contributed by atoms with van der Waals surface area (Å²) in [5.41, 5.74) is 1.09. The van der Waals surface area contributed by atoms with Gasteiger partial charge in [0.25, 0.3) is 0 Å². The summed E-state index contributed by atoms with van der Waals surface area (Å²) in [6.45, 7) is 8.61. The van der Waals surface area contributed by atoms with Gasteiger partial charge in [-0.3, -0.25) is 4.68 Å². The summed E-state index contributed by atoms with van der Waals surface area (Å²) in [7, 11) is 0. The van der Waals surface area contributed by atoms with Gasteiger partial charge in [-0.15, -0.1) is 0 Å². The second-order valence-corrected chi connectivity index (χ2v) is 4.35. The van der Waals surface area contributed by atoms with Crippen LogP contribution in [0.5, 0.6) is 0 Å². The maximum Gasteiger partial charge on any atom is 0.127 e. The van der Waals surface area contributed by atoms with E-state index in [4.69, 9.17) is 11.6 Å². The van der Waals surface area contributed by atoms with Gasteiger partial charge in [0.1, 0.15) is 5.15 Å². The van der Waals surface area contributed by atoms with Crippen LogP contribution in [-0.2, 0) is 0 Å². The van der Waals surface area contributed by atoms with Crippen LogP contribution in [0.2, 0.25) is 5.15 Å². The van der Waals surface area contributed by atoms with E-state index in [9.17, 15) is 0 Å². The number of hydrogen-bond acceptors (Lipinski definition) is 1. The molecule has 0 bridgehead atoms. The normalized spacial score (nSPS) is 11.6. The quantitative estimate of drug-likeness (QED) is 0.740. The smallest absolute Gasteiger partial charge is 0.127 e. The number of halogens is 1. The third-order valence-corrected chi connectivity index (χ3v) is 2.87. The fourth-order valence-corrected chi connectivity index (χ4v) is 1.85. The Morgan fingerprint density at radius 2 is 1.93 bits per heavy atom. The standard InChI is InChI=1S/C11H19ClN2/c1-5-9(6-2)14-11(12)7-10(13-14)8(3)4/h7-9H,5-6H2,1-4H3. The van der Waals surface area contributed by atoms with E-state index in [1.807, 2.05) is 10.7 Å². The molecule has 0 amide bonds. The first kappa shape index (κ1) is 11.6. The molecular weight excluding hydrogens is 196 g/mol. The van der Waals surface area contributed by atoms with Crippen molar-refractivity contribution in [3.63, 3.8) is 0 Å². The summed E-state index contributed by atoms with van der Waals surface area (Å²) in [6, 6.07) is 2.42. The second kappa shape index (κ2) is 4.83. The minimum atomic E-state index is 0.440. The maximum absolute atomic E-state index is 6.14. The highest BCUT2D eigenvalue weighted by molar-refractivity contribution is 6.29. The van der Waals surface area contributed by atoms with E-state index in [0.29, 0.717) is 12.0 Å². The van der Waals surface area contributed by atoms with E-state index in [1.54, 1.807) is 0 Å². The summed E-state index contributed by atoms with van der Waals surface area (Å²) >= 11 is 6.14. The van der Waals surface area contributed by atoms with Crippen LogP contribution in [0.3, 0.4) is 0 Å². The molecule has 1 aromatic rings. The Kier molecular flexibility index (Phi) is 3.99. The molecule has 14 heavy (non-hydrogen) atoms. The van der Waals surface area contributed by atoms with Crippen LogP contribution in [-0.4, -0.2) is 9.78 Å². The zero-order chi connectivity index (χ0) is 10.7. The summed E-state index contributed by atoms with van der Waals surface area (Å²) < 4.78 is 1.96. The molecule has 3 heteroatoms. The monoisotopic (exact) mass is 214 g/mol. The van der Waals surface area contributed by atoms with Crippen LogP contribution in [0.4, 0.5) is 0 Å². The highest BCUT2D eigenvalue weighted by Crippen LogP contribution is 2.24. The van der Waals surface area contributed by atoms with Crippen LogP contribution in [0, 0.1) is 0 Å². The summed E-state index contributed by atoms with van der Waals surface area (Å²) in [5.74, 6) is 0.447. The molecule has 0 fully saturated rings. The Bertz CT molecular complexity index is 287. The van der Waals surface area contributed by atoms with Gasteiger partial charge in [-0.05, 0) is 24.8 Å². The van der Waals surface area contributed by atoms with Gasteiger partial charge < -0.3 is 0 Å². The van der Waals surface area contributed by atoms with E-state index in [-0.39, 0.29) is 0 Å². The lowest BCUT2D eigenvalue weighted by atomic mass is 10.1. The Labute approximate surface area is 91.3 Å². The molecular formula is C11H19ClN2. The summed E-state index contributed by atoms with van der Waals surface area (Å²) in [6.07, 6.45) is 2.16. The first-order valence-electron chi connectivity index (χ1n) is 5.35. The van der Waals surface area contributed by atoms with Crippen LogP contribution in [0.15, 0.2) is 6.07 Å². The molecule has 0 aromatic carbocycles. The van der Waals surface area contributed by atoms with Crippen LogP contribution < -0.4 is 0 Å². The van der Waals surface area contributed by atoms with Gasteiger partial charge in [-0.2, -0.15) is 5.10 Å². The largest absolute Gasteiger partial charge is 0.251 e. The molecule has 0 saturated carbocycles. The molecule has 1 rings (SSSR count). The van der Waals surface area contributed by atoms with Gasteiger partial charge in [-0.1, -0.05) is 39.3 Å². The molecule has 0 aliphatic rings. The molecule has 0 unspecified atom stereocenters. The molecule has 80 valence electrons. The Balaban J connectivity index is 2.96. The molecule has 0 radical (unpaired) electrons. The molecule has 0 aliphatic heterocycles. The van der Waals surface area contributed by atoms with Gasteiger partial charge in [0.15, 0.2) is 0 Å². The minimum absolute atomic E-state index is 0.440. The van der Waals surface area contributed by atoms with E-state index < -0.39 is 0 Å². The zero-order valence-corrected chi connectivity index (χ0v) is 10.2. The molecule has 1 heterocycles. The Morgan fingerprint density at radius 1 is 1.36 bits per heavy atom. The van der Waals surface area contributed by atoms with E-state index in [0.717, 1.165) is 23.7 Å². The van der Waals surface area contributed by atoms with Crippen molar-refractivity contribution in [1.82, 2.24) is 9.78 Å². The molecule has 0 spiro atoms. The summed E-state index contributed by atoms with van der Waals surface area (Å²) in [4.78, 5) is 0. The summed E-state index contributed by atoms with van der Waals surface area (Å²) in [5, 5.41) is 5.30. The fourth-order valence-electron chi connectivity index (χ4n) is 1.56. The predicted molar refractivity (Wildman–Crippen MR) is 60.9 cm³/mol. The van der Waals surface area contributed by atoms with Crippen LogP contribution in [0.1, 0.15) is 58.2 Å². The third-order valence-electron chi connectivity index (χ3n) is 2.59. The first-order chi connectivity index (χ1) is 6.60. The maximum atomic E-state index is 6.14. The molecule has 1 aromatic heterocycles. The second-order valence-electron chi connectivity index (χ2n) is 3.96. The average Bonchev–Trinajstić information content (AvgIpc) is 2.51. The third kappa shape index (κ3) is 2.30. The van der Waals surface area contributed by atoms with Crippen LogP contribution >= 0.6 is 11.6 Å². The zero-order valence-electron chi connectivity index (χ0n) is 9.42. The molecule has 0 atom stereocenters. The van der Waals surface area contributed by atoms with Gasteiger partial charge in [0.2, 0.25) is 0 Å². The van der Waals surface area contributed by atoms with Crippen molar-refractivity contribution in [2.45, 2.75) is 52.5 Å². The van der Waals surface area contributed by atoms with Crippen molar-refractivity contribution in [2.24, 2.45) is 0 Å². The average molecular weight is 215 g/mol. The van der Waals surface area contributed by atoms with Gasteiger partial charge in [0.05, 0.1) is 11.7 Å². The molecule has 0 aliphatic carbocycles. The van der Waals surface area contributed by atoms with Crippen molar-refractivity contribution in [2.75, 3.05) is 0 Å². The fraction of sp³-hybridized carbons (Fsp3) is 0.727. The Morgan fingerprint density at radius 3 is 2.29 bits per heavy atom. The van der Waals surface area contributed by atoms with Crippen molar-refractivity contribution in [3.8, 4) is 0 Å². The van der Waals surface area contributed by atoms with E-state index in [2.05, 4.69) is 32.8 Å². The van der Waals surface area contributed by atoms with Crippen molar-refractivity contribution < 1.29 is 0 Å². The number of aromatic nitrogens is 2. The number of rotatable bonds is 4. The predicted octanol–water partition coefficient (Wildman–Crippen LogP) is 4.02. The van der Waals surface area contributed by atoms with Crippen molar-refractivity contribution >= 4 is 11.6 Å². The van der Waals surface area contributed by atoms with Crippen molar-refractivity contribution in [3.05, 3.63) is 16.9 Å². The molecule has 2 nitrogen and oxygen atoms in total. The lowest BCUT2D eigenvalue weighted by Crippen LogP contribution is -2.09. The van der Waals surface area contributed by atoms with Gasteiger partial charge in [-0.25, -0.2) is 0 Å². The first-order valence-corrected chi connectivity index (χ1v) is 5.72.